The molecule has 31 nitrogen and oxygen atoms in total. The maximum atomic E-state index is 14.4. The Balaban J connectivity index is 0.000000307. The molecule has 0 unspecified atom stereocenters. The van der Waals surface area contributed by atoms with E-state index < -0.39 is 187 Å². The molecule has 31 heteroatoms. The number of phenolic OH excluding ortho intramolecular Hbond substituents is 3. The number of carbonyl (C=O) groups is 3. The van der Waals surface area contributed by atoms with Gasteiger partial charge in [-0.1, -0.05) is 45.9 Å². The second kappa shape index (κ2) is 30.8. The molecule has 516 valence electrons. The van der Waals surface area contributed by atoms with Gasteiger partial charge in [0.15, 0.2) is 18.3 Å². The number of ketones is 1. The van der Waals surface area contributed by atoms with Gasteiger partial charge in [0, 0.05) is 106 Å². The molecule has 7 aliphatic rings. The number of benzene rings is 2. The van der Waals surface area contributed by atoms with E-state index in [1.807, 2.05) is 7.05 Å². The first-order valence-electron chi connectivity index (χ1n) is 30.6. The first-order chi connectivity index (χ1) is 43.2. The predicted molar refractivity (Wildman–Crippen MR) is 328 cm³/mol. The molecular weight excluding hydrogens is 1210 g/mol. The number of hydrogen-bond donors (Lipinski definition) is 17. The summed E-state index contributed by atoms with van der Waals surface area (Å²) < 4.78 is 45.8. The Morgan fingerprint density at radius 1 is 0.761 bits per heavy atom. The van der Waals surface area contributed by atoms with Crippen LogP contribution in [0.25, 0.3) is 10.8 Å². The van der Waals surface area contributed by atoms with E-state index in [2.05, 4.69) is 15.3 Å². The standard InChI is InChI=1S/C43H58N4O12.C18H36N4O11/c1-21-12-11-13-22(2)42(55)45-33-28(20-44-47-17-15-46(9)16-18-47)37(52)30-31(38(33)53)36(51)26(6)40-32(30)41(54)43(8,59-40)57-19-14-29(56-10)23(3)39(58-27(7)48)25(5)35(50)24(4)34(21)49;19-2-6-10(25)12(27)13(28)18(30-6)33-16-5(21)1-4(20)15(14(16)29)32-17-11(26)8(22)9(24)7(3-23)31-17/h11-14,19-21,23-25,29,34-35,39,49-53H,15-18H2,1-10H3,(H,45,55);4-18,23-29H,1-3,19-22H2/b12-11+,19-14+,22-13-,44-20+;/t21-,23+,24+,25+,29-,34-,35+,39+,43-;4-,5+,6-,7-,8+,9-,10-,11-,12+,13-,14-,15+,16-,17-,18-/m01/s1. The number of hydrogen-bond acceptors (Lipinski definition) is 30. The number of piperazine rings is 1. The Morgan fingerprint density at radius 2 is 1.37 bits per heavy atom. The number of amides is 1. The average molecular weight is 1310 g/mol. The van der Waals surface area contributed by atoms with Crippen molar-refractivity contribution in [1.29, 1.82) is 0 Å². The number of nitrogens with zero attached hydrogens (tertiary/aromatic N) is 3. The minimum atomic E-state index is -2.04. The molecule has 9 rings (SSSR count). The monoisotopic (exact) mass is 1310 g/mol. The fourth-order valence-electron chi connectivity index (χ4n) is 12.3. The van der Waals surface area contributed by atoms with Crippen molar-refractivity contribution < 1.29 is 114 Å². The fraction of sp³-hybridized carbons (Fsp3) is 0.672. The van der Waals surface area contributed by atoms with E-state index in [1.54, 1.807) is 44.9 Å². The molecule has 5 bridgehead atoms. The molecule has 1 amide bonds. The van der Waals surface area contributed by atoms with E-state index in [-0.39, 0.29) is 57.4 Å². The zero-order valence-electron chi connectivity index (χ0n) is 53.2. The number of anilines is 1. The van der Waals surface area contributed by atoms with Crippen LogP contribution in [0.4, 0.5) is 5.69 Å². The lowest BCUT2D eigenvalue weighted by atomic mass is 9.78. The van der Waals surface area contributed by atoms with Crippen LogP contribution in [-0.4, -0.2) is 270 Å². The number of aliphatic hydroxyl groups excluding tert-OH is 9. The number of carbonyl (C=O) groups excluding carboxylic acids is 3. The fourth-order valence-corrected chi connectivity index (χ4v) is 12.3. The number of nitrogens with one attached hydrogen (secondary N) is 1. The third-order valence-corrected chi connectivity index (χ3v) is 18.3. The average Bonchev–Trinajstić information content (AvgIpc) is 1.42. The number of methoxy groups -OCH3 is 1. The molecule has 4 fully saturated rings. The molecule has 2 aromatic carbocycles. The number of aromatic hydroxyl groups is 3. The first-order valence-corrected chi connectivity index (χ1v) is 30.6. The summed E-state index contributed by atoms with van der Waals surface area (Å²) in [7, 11) is 3.42. The summed E-state index contributed by atoms with van der Waals surface area (Å²) in [5.74, 6) is -8.34. The van der Waals surface area contributed by atoms with Crippen molar-refractivity contribution in [3.63, 3.8) is 0 Å². The van der Waals surface area contributed by atoms with Gasteiger partial charge in [0.2, 0.25) is 0 Å². The second-order valence-electron chi connectivity index (χ2n) is 24.9. The minimum Gasteiger partial charge on any atom is -0.507 e. The zero-order chi connectivity index (χ0) is 68.3. The topological polar surface area (TPSA) is 503 Å². The Morgan fingerprint density at radius 3 is 1.96 bits per heavy atom. The first kappa shape index (κ1) is 73.6. The van der Waals surface area contributed by atoms with Crippen molar-refractivity contribution >= 4 is 40.3 Å². The highest BCUT2D eigenvalue weighted by atomic mass is 16.7. The van der Waals surface area contributed by atoms with Crippen LogP contribution in [0.1, 0.15) is 76.4 Å². The molecule has 6 heterocycles. The molecule has 1 saturated carbocycles. The van der Waals surface area contributed by atoms with Gasteiger partial charge in [-0.2, -0.15) is 5.10 Å². The van der Waals surface area contributed by atoms with Crippen LogP contribution in [0.15, 0.2) is 41.2 Å². The minimum absolute atomic E-state index is 0.0559. The zero-order valence-corrected chi connectivity index (χ0v) is 53.2. The third kappa shape index (κ3) is 15.3. The number of fused-ring (bicyclic) bond motifs is 14. The van der Waals surface area contributed by atoms with Gasteiger partial charge in [0.05, 0.1) is 65.6 Å². The third-order valence-electron chi connectivity index (χ3n) is 18.3. The largest absolute Gasteiger partial charge is 0.507 e. The highest BCUT2D eigenvalue weighted by molar-refractivity contribution is 6.24. The van der Waals surface area contributed by atoms with Crippen LogP contribution in [0.5, 0.6) is 23.0 Å². The Bertz CT molecular complexity index is 2990. The van der Waals surface area contributed by atoms with Crippen molar-refractivity contribution in [1.82, 2.24) is 9.91 Å². The van der Waals surface area contributed by atoms with Crippen LogP contribution in [0.3, 0.4) is 0 Å². The summed E-state index contributed by atoms with van der Waals surface area (Å²) in [4.78, 5) is 42.6. The van der Waals surface area contributed by atoms with Crippen molar-refractivity contribution in [2.24, 2.45) is 51.7 Å². The molecule has 0 radical (unpaired) electrons. The Hall–Kier alpha value is -5.76. The molecule has 2 aromatic rings. The van der Waals surface area contributed by atoms with Crippen LogP contribution in [0.2, 0.25) is 0 Å². The van der Waals surface area contributed by atoms with Gasteiger partial charge < -0.3 is 132 Å². The lowest BCUT2D eigenvalue weighted by Gasteiger charge is -2.48. The number of rotatable bonds is 10. The summed E-state index contributed by atoms with van der Waals surface area (Å²) in [6.45, 7) is 14.3. The van der Waals surface area contributed by atoms with Crippen molar-refractivity contribution in [2.45, 2.75) is 184 Å². The number of ether oxygens (including phenoxy) is 8. The van der Waals surface area contributed by atoms with Crippen molar-refractivity contribution in [3.05, 3.63) is 52.8 Å². The number of phenols is 3. The Kier molecular flexibility index (Phi) is 24.6. The van der Waals surface area contributed by atoms with Gasteiger partial charge in [-0.25, -0.2) is 0 Å². The summed E-state index contributed by atoms with van der Waals surface area (Å²) in [5.41, 5.74) is 23.2. The SMILES string of the molecule is CO[C@H]1/C=C/O[C@@]2(C)Oc3c(C)c(O)c4c(O)c(c(/C=N/N5CCN(C)CC5)c(O)c4c3C2=O)NC(=O)/C(C)=C\C=C\[C@H](C)[C@H](O)[C@@H](C)[C@@H](O)[C@@H](C)[C@H](OC(C)=O)[C@@H]1C.NC[C@H]1O[C@H](O[C@H]2[C@H](O)[C@@H](O[C@H]3O[C@H](CO)[C@@H](O)[C@H](N)[C@H]3O)[C@H](N)C[C@@H]2N)[C@H](O)[C@@H](O)[C@@H]1O. The second-order valence-corrected chi connectivity index (χ2v) is 24.9. The van der Waals surface area contributed by atoms with Gasteiger partial charge in [-0.3, -0.25) is 19.4 Å². The molecule has 1 aliphatic carbocycles. The van der Waals surface area contributed by atoms with E-state index >= 15 is 0 Å². The number of Topliss-reactive ketones (excluding diaryl/α,β-unsaturated/α-hetero) is 1. The van der Waals surface area contributed by atoms with Crippen molar-refractivity contribution in [2.75, 3.05) is 58.8 Å². The lowest BCUT2D eigenvalue weighted by Crippen LogP contribution is -2.68. The molecule has 6 aliphatic heterocycles. The van der Waals surface area contributed by atoms with E-state index in [9.17, 15) is 75.7 Å². The predicted octanol–water partition coefficient (Wildman–Crippen LogP) is -2.96. The van der Waals surface area contributed by atoms with Gasteiger partial charge in [0.1, 0.15) is 84.4 Å². The molecule has 0 spiro atoms. The van der Waals surface area contributed by atoms with Crippen LogP contribution in [0, 0.1) is 30.6 Å². The number of allylic oxidation sites excluding steroid dienone is 2. The summed E-state index contributed by atoms with van der Waals surface area (Å²) in [5, 5.41) is 138. The maximum absolute atomic E-state index is 14.4. The van der Waals surface area contributed by atoms with Crippen molar-refractivity contribution in [3.8, 4) is 23.0 Å². The van der Waals surface area contributed by atoms with E-state index in [4.69, 9.17) is 60.8 Å². The lowest BCUT2D eigenvalue weighted by molar-refractivity contribution is -0.332. The molecular formula is C61H94N8O23. The van der Waals surface area contributed by atoms with Crippen LogP contribution in [-0.2, 0) is 42.7 Å². The molecule has 0 aromatic heterocycles. The van der Waals surface area contributed by atoms with Crippen LogP contribution >= 0.6 is 0 Å². The summed E-state index contributed by atoms with van der Waals surface area (Å²) in [6, 6.07) is -2.86. The molecule has 21 N–H and O–H groups in total. The van der Waals surface area contributed by atoms with E-state index in [0.29, 0.717) is 13.1 Å². The normalized spacial score (nSPS) is 39.8. The van der Waals surface area contributed by atoms with Crippen LogP contribution < -0.4 is 33.0 Å². The molecule has 24 atom stereocenters. The van der Waals surface area contributed by atoms with Gasteiger partial charge in [-0.15, -0.1) is 0 Å². The number of likely N-dealkylation sites (N-methyl/N-ethyl adjacent to an activating group) is 1. The van der Waals surface area contributed by atoms with E-state index in [1.165, 1.54) is 59.4 Å². The molecule has 92 heavy (non-hydrogen) atoms. The summed E-state index contributed by atoms with van der Waals surface area (Å²) in [6.07, 6.45) is -11.6. The van der Waals surface area contributed by atoms with Gasteiger partial charge in [-0.05, 0) is 33.4 Å². The Labute approximate surface area is 532 Å². The molecule has 3 saturated heterocycles. The smallest absolute Gasteiger partial charge is 0.312 e. The van der Waals surface area contributed by atoms with Gasteiger partial charge >= 0.3 is 11.8 Å². The van der Waals surface area contributed by atoms with Gasteiger partial charge in [0.25, 0.3) is 11.7 Å². The number of esters is 1. The summed E-state index contributed by atoms with van der Waals surface area (Å²) >= 11 is 0. The number of hydrazone groups is 1. The maximum Gasteiger partial charge on any atom is 0.312 e. The quantitative estimate of drug-likeness (QED) is 0.0489. The number of nitrogens with two attached hydrogens (primary N) is 4. The highest BCUT2D eigenvalue weighted by Gasteiger charge is 2.53. The highest BCUT2D eigenvalue weighted by Crippen LogP contribution is 2.55. The number of aliphatic hydroxyl groups is 9. The van der Waals surface area contributed by atoms with E-state index in [0.717, 1.165) is 13.1 Å².